The van der Waals surface area contributed by atoms with Crippen LogP contribution in [0.15, 0.2) is 57.2 Å². The van der Waals surface area contributed by atoms with Crippen molar-refractivity contribution < 1.29 is 12.8 Å². The zero-order chi connectivity index (χ0) is 19.9. The van der Waals surface area contributed by atoms with Gasteiger partial charge in [0.05, 0.1) is 4.90 Å². The Morgan fingerprint density at radius 2 is 1.93 bits per heavy atom. The number of nitrogens with zero attached hydrogens (tertiary/aromatic N) is 1. The maximum Gasteiger partial charge on any atom is 0.191 e. The summed E-state index contributed by atoms with van der Waals surface area (Å²) in [7, 11) is -1.53. The lowest BCUT2D eigenvalue weighted by atomic mass is 10.1. The van der Waals surface area contributed by atoms with Crippen LogP contribution < -0.4 is 10.6 Å². The molecule has 27 heavy (non-hydrogen) atoms. The minimum absolute atomic E-state index is 0.210. The third-order valence-electron chi connectivity index (χ3n) is 3.81. The summed E-state index contributed by atoms with van der Waals surface area (Å²) >= 11 is 1.44. The summed E-state index contributed by atoms with van der Waals surface area (Å²) in [6.45, 7) is 2.93. The molecule has 0 aliphatic heterocycles. The minimum atomic E-state index is -3.21. The highest BCUT2D eigenvalue weighted by atomic mass is 32.2. The van der Waals surface area contributed by atoms with Gasteiger partial charge in [-0.25, -0.2) is 12.8 Å². The molecular weight excluding hydrogens is 385 g/mol. The number of aliphatic imine (C=N–C) groups is 1. The Morgan fingerprint density at radius 3 is 2.56 bits per heavy atom. The van der Waals surface area contributed by atoms with E-state index in [1.807, 2.05) is 12.1 Å². The van der Waals surface area contributed by atoms with E-state index in [-0.39, 0.29) is 5.82 Å². The summed E-state index contributed by atoms with van der Waals surface area (Å²) in [6.07, 6.45) is 1.21. The van der Waals surface area contributed by atoms with Gasteiger partial charge in [0.1, 0.15) is 5.82 Å². The summed E-state index contributed by atoms with van der Waals surface area (Å²) in [6, 6.07) is 12.0. The standard InChI is InChI=1S/C19H24FN3O2S2/c1-14-12-15(8-9-18(14)27(3,24)25)13-23-19(21-2)22-10-11-26-17-7-5-4-6-16(17)20/h4-9,12H,10-11,13H2,1-3H3,(H2,21,22,23). The van der Waals surface area contributed by atoms with Crippen molar-refractivity contribution in [1.29, 1.82) is 0 Å². The lowest BCUT2D eigenvalue weighted by Gasteiger charge is -2.13. The van der Waals surface area contributed by atoms with Crippen molar-refractivity contribution in [1.82, 2.24) is 10.6 Å². The Balaban J connectivity index is 1.82. The lowest BCUT2D eigenvalue weighted by Crippen LogP contribution is -2.37. The molecule has 146 valence electrons. The summed E-state index contributed by atoms with van der Waals surface area (Å²) < 4.78 is 36.9. The number of halogens is 1. The van der Waals surface area contributed by atoms with Crippen LogP contribution in [0.1, 0.15) is 11.1 Å². The number of nitrogens with one attached hydrogen (secondary N) is 2. The molecule has 0 aliphatic carbocycles. The van der Waals surface area contributed by atoms with Crippen LogP contribution in [0.5, 0.6) is 0 Å². The molecule has 0 heterocycles. The van der Waals surface area contributed by atoms with Gasteiger partial charge in [-0.05, 0) is 36.2 Å². The van der Waals surface area contributed by atoms with E-state index in [4.69, 9.17) is 0 Å². The Labute approximate surface area is 164 Å². The number of sulfone groups is 1. The van der Waals surface area contributed by atoms with Crippen LogP contribution in [0.2, 0.25) is 0 Å². The number of hydrogen-bond acceptors (Lipinski definition) is 4. The molecule has 0 unspecified atom stereocenters. The second-order valence-electron chi connectivity index (χ2n) is 6.00. The van der Waals surface area contributed by atoms with Gasteiger partial charge in [-0.3, -0.25) is 4.99 Å². The van der Waals surface area contributed by atoms with Crippen molar-refractivity contribution >= 4 is 27.6 Å². The van der Waals surface area contributed by atoms with Crippen molar-refractivity contribution in [3.05, 3.63) is 59.4 Å². The molecule has 8 heteroatoms. The molecule has 0 aliphatic rings. The number of rotatable bonds is 7. The minimum Gasteiger partial charge on any atom is -0.356 e. The number of hydrogen-bond donors (Lipinski definition) is 2. The van der Waals surface area contributed by atoms with Crippen molar-refractivity contribution in [2.75, 3.05) is 25.6 Å². The van der Waals surface area contributed by atoms with Crippen molar-refractivity contribution in [2.24, 2.45) is 4.99 Å². The Hall–Kier alpha value is -2.06. The molecule has 2 aromatic carbocycles. The molecular formula is C19H24FN3O2S2. The number of aryl methyl sites for hydroxylation is 1. The van der Waals surface area contributed by atoms with Gasteiger partial charge in [0.2, 0.25) is 0 Å². The van der Waals surface area contributed by atoms with E-state index in [2.05, 4.69) is 15.6 Å². The van der Waals surface area contributed by atoms with Crippen molar-refractivity contribution in [3.8, 4) is 0 Å². The Morgan fingerprint density at radius 1 is 1.19 bits per heavy atom. The molecule has 2 aromatic rings. The summed E-state index contributed by atoms with van der Waals surface area (Å²) in [5.41, 5.74) is 1.68. The van der Waals surface area contributed by atoms with Gasteiger partial charge in [-0.15, -0.1) is 11.8 Å². The van der Waals surface area contributed by atoms with Crippen LogP contribution in [0, 0.1) is 12.7 Å². The highest BCUT2D eigenvalue weighted by Crippen LogP contribution is 2.20. The summed E-state index contributed by atoms with van der Waals surface area (Å²) in [5.74, 6) is 1.12. The van der Waals surface area contributed by atoms with Gasteiger partial charge >= 0.3 is 0 Å². The quantitative estimate of drug-likeness (QED) is 0.318. The highest BCUT2D eigenvalue weighted by molar-refractivity contribution is 7.99. The zero-order valence-corrected chi connectivity index (χ0v) is 17.3. The molecule has 2 rings (SSSR count). The fraction of sp³-hybridized carbons (Fsp3) is 0.316. The van der Waals surface area contributed by atoms with E-state index in [9.17, 15) is 12.8 Å². The van der Waals surface area contributed by atoms with Gasteiger partial charge < -0.3 is 10.6 Å². The molecule has 0 bridgehead atoms. The van der Waals surface area contributed by atoms with Crippen LogP contribution in [-0.2, 0) is 16.4 Å². The molecule has 0 amide bonds. The van der Waals surface area contributed by atoms with Gasteiger partial charge in [-0.1, -0.05) is 24.3 Å². The van der Waals surface area contributed by atoms with E-state index in [0.717, 1.165) is 11.1 Å². The maximum atomic E-state index is 13.6. The molecule has 0 spiro atoms. The SMILES string of the molecule is CN=C(NCCSc1ccccc1F)NCc1ccc(S(C)(=O)=O)c(C)c1. The van der Waals surface area contributed by atoms with Crippen LogP contribution in [-0.4, -0.2) is 40.0 Å². The number of benzene rings is 2. The van der Waals surface area contributed by atoms with Gasteiger partial charge in [0, 0.05) is 37.0 Å². The Bertz CT molecular complexity index is 915. The van der Waals surface area contributed by atoms with Gasteiger partial charge in [-0.2, -0.15) is 0 Å². The van der Waals surface area contributed by atoms with Gasteiger partial charge in [0.25, 0.3) is 0 Å². The first-order valence-electron chi connectivity index (χ1n) is 8.42. The fourth-order valence-corrected chi connectivity index (χ4v) is 4.30. The molecule has 0 saturated carbocycles. The van der Waals surface area contributed by atoms with Crippen LogP contribution >= 0.6 is 11.8 Å². The highest BCUT2D eigenvalue weighted by Gasteiger charge is 2.11. The smallest absolute Gasteiger partial charge is 0.191 e. The normalized spacial score (nSPS) is 12.1. The monoisotopic (exact) mass is 409 g/mol. The van der Waals surface area contributed by atoms with Crippen LogP contribution in [0.3, 0.4) is 0 Å². The second-order valence-corrected chi connectivity index (χ2v) is 9.12. The fourth-order valence-electron chi connectivity index (χ4n) is 2.54. The first-order valence-corrected chi connectivity index (χ1v) is 11.3. The van der Waals surface area contributed by atoms with E-state index in [1.165, 1.54) is 24.1 Å². The van der Waals surface area contributed by atoms with Crippen LogP contribution in [0.4, 0.5) is 4.39 Å². The van der Waals surface area contributed by atoms with Crippen molar-refractivity contribution in [2.45, 2.75) is 23.3 Å². The topological polar surface area (TPSA) is 70.6 Å². The summed E-state index contributed by atoms with van der Waals surface area (Å²) in [5, 5.41) is 6.37. The van der Waals surface area contributed by atoms with Crippen LogP contribution in [0.25, 0.3) is 0 Å². The molecule has 0 fully saturated rings. The van der Waals surface area contributed by atoms with E-state index in [1.54, 1.807) is 38.2 Å². The molecule has 2 N–H and O–H groups in total. The van der Waals surface area contributed by atoms with E-state index < -0.39 is 9.84 Å². The molecule has 0 atom stereocenters. The lowest BCUT2D eigenvalue weighted by molar-refractivity contribution is 0.600. The number of guanidine groups is 1. The third-order valence-corrected chi connectivity index (χ3v) is 6.12. The summed E-state index contributed by atoms with van der Waals surface area (Å²) in [4.78, 5) is 5.13. The maximum absolute atomic E-state index is 13.6. The molecule has 5 nitrogen and oxygen atoms in total. The van der Waals surface area contributed by atoms with E-state index >= 15 is 0 Å². The zero-order valence-electron chi connectivity index (χ0n) is 15.6. The van der Waals surface area contributed by atoms with Gasteiger partial charge in [0.15, 0.2) is 15.8 Å². The molecule has 0 radical (unpaired) electrons. The first kappa shape index (κ1) is 21.2. The number of thioether (sulfide) groups is 1. The average molecular weight is 410 g/mol. The molecule has 0 aromatic heterocycles. The predicted molar refractivity (Wildman–Crippen MR) is 110 cm³/mol. The van der Waals surface area contributed by atoms with Crippen molar-refractivity contribution in [3.63, 3.8) is 0 Å². The van der Waals surface area contributed by atoms with E-state index in [0.29, 0.717) is 34.6 Å². The molecule has 0 saturated heterocycles. The first-order chi connectivity index (χ1) is 12.8. The second kappa shape index (κ2) is 9.75. The average Bonchev–Trinajstić information content (AvgIpc) is 2.61. The predicted octanol–water partition coefficient (Wildman–Crippen LogP) is 2.99. The Kier molecular flexibility index (Phi) is 7.67. The largest absolute Gasteiger partial charge is 0.356 e. The third kappa shape index (κ3) is 6.55.